The van der Waals surface area contributed by atoms with Crippen LogP contribution in [0.25, 0.3) is 76.1 Å². The summed E-state index contributed by atoms with van der Waals surface area (Å²) in [6.45, 7) is 28.5. The highest BCUT2D eigenvalue weighted by Gasteiger charge is 2.37. The maximum absolute atomic E-state index is 6.78. The predicted octanol–water partition coefficient (Wildman–Crippen LogP) is -1.99. The molecule has 0 nitrogen and oxygen atoms in total. The molecule has 8 aromatic rings. The fourth-order valence-corrected chi connectivity index (χ4v) is 15.6. The fraction of sp³-hybridized carbons (Fsp3) is 0.153. The molecule has 0 N–H and O–H groups in total. The van der Waals surface area contributed by atoms with E-state index in [9.17, 15) is 0 Å². The lowest BCUT2D eigenvalue weighted by atomic mass is 8.68. The van der Waals surface area contributed by atoms with Gasteiger partial charge in [0.1, 0.15) is 37.2 Å². The molecule has 0 amide bonds. The molecule has 0 aliphatic heterocycles. The van der Waals surface area contributed by atoms with Crippen LogP contribution in [-0.4, -0.2) is 118 Å². The van der Waals surface area contributed by atoms with E-state index in [1.54, 1.807) is 20.8 Å². The molecule has 0 saturated carbocycles. The van der Waals surface area contributed by atoms with Gasteiger partial charge in [-0.25, -0.2) is 0 Å². The second kappa shape index (κ2) is 32.5. The quantitative estimate of drug-likeness (QED) is 0.0718. The highest BCUT2D eigenvalue weighted by molar-refractivity contribution is 7.88. The van der Waals surface area contributed by atoms with Crippen molar-refractivity contribution in [2.24, 2.45) is 0 Å². The third kappa shape index (κ3) is 13.5. The molecule has 0 fully saturated rings. The second-order valence-corrected chi connectivity index (χ2v) is 26.4. The van der Waals surface area contributed by atoms with Gasteiger partial charge in [0.15, 0.2) is 0 Å². The van der Waals surface area contributed by atoms with Crippen LogP contribution in [-0.2, 0) is 0 Å². The zero-order valence-corrected chi connectivity index (χ0v) is 63.1. The molecular formula is C85H66B16. The van der Waals surface area contributed by atoms with E-state index >= 15 is 0 Å². The van der Waals surface area contributed by atoms with Crippen LogP contribution in [0.2, 0.25) is 0 Å². The minimum atomic E-state index is 0.113. The number of benzene rings is 8. The second-order valence-electron chi connectivity index (χ2n) is 26.4. The molecule has 454 valence electrons. The van der Waals surface area contributed by atoms with Gasteiger partial charge in [0.25, 0.3) is 0 Å². The van der Waals surface area contributed by atoms with Crippen molar-refractivity contribution in [3.05, 3.63) is 101 Å². The first-order chi connectivity index (χ1) is 48.4. The number of hydrogen-bond acceptors (Lipinski definition) is 0. The van der Waals surface area contributed by atoms with E-state index in [1.165, 1.54) is 98.8 Å². The van der Waals surface area contributed by atoms with Crippen molar-refractivity contribution in [2.45, 2.75) is 90.0 Å². The first-order valence-corrected chi connectivity index (χ1v) is 34.3. The molecule has 0 aliphatic rings. The maximum atomic E-state index is 6.78. The fourth-order valence-electron chi connectivity index (χ4n) is 15.6. The Morgan fingerprint density at radius 1 is 0.347 bits per heavy atom. The topological polar surface area (TPSA) is 0 Å². The van der Waals surface area contributed by atoms with Crippen molar-refractivity contribution < 1.29 is 0 Å². The van der Waals surface area contributed by atoms with Crippen molar-refractivity contribution >= 4 is 204 Å². The van der Waals surface area contributed by atoms with Gasteiger partial charge in [-0.15, -0.1) is 42.5 Å². The first kappa shape index (κ1) is 75.4. The summed E-state index contributed by atoms with van der Waals surface area (Å²) in [6, 6.07) is 2.08. The molecule has 8 aromatic carbocycles. The van der Waals surface area contributed by atoms with E-state index in [-0.39, 0.29) is 6.49 Å². The van der Waals surface area contributed by atoms with Crippen molar-refractivity contribution in [1.82, 2.24) is 0 Å². The Hall–Kier alpha value is -11.4. The molecular weight excluding hydrogens is 1190 g/mol. The Labute approximate surface area is 616 Å². The van der Waals surface area contributed by atoms with Gasteiger partial charge in [-0.3, -0.25) is 0 Å². The van der Waals surface area contributed by atoms with Gasteiger partial charge in [-0.05, 0) is 325 Å². The molecule has 0 atom stereocenters. The first-order valence-electron chi connectivity index (χ1n) is 34.3. The Kier molecular flexibility index (Phi) is 24.3. The Bertz CT molecular complexity index is 6220. The summed E-state index contributed by atoms with van der Waals surface area (Å²) in [5, 5.41) is 10.1. The number of aryl methyl sites for hydroxylation is 6. The monoisotopic (exact) mass is 1260 g/mol. The summed E-state index contributed by atoms with van der Waals surface area (Å²) in [4.78, 5) is 0. The summed E-state index contributed by atoms with van der Waals surface area (Å²) >= 11 is 0. The van der Waals surface area contributed by atoms with Gasteiger partial charge in [-0.1, -0.05) is 75.1 Å². The van der Waals surface area contributed by atoms with Gasteiger partial charge < -0.3 is 0 Å². The largest absolute Gasteiger partial charge is 0.139 e. The van der Waals surface area contributed by atoms with Crippen LogP contribution in [0, 0.1) is 273 Å². The lowest BCUT2D eigenvalue weighted by molar-refractivity contribution is 1.25. The normalized spacial score (nSPS) is 9.36. The van der Waals surface area contributed by atoms with E-state index in [0.29, 0.717) is 85.3 Å². The number of fused-ring (bicyclic) bond motifs is 6. The van der Waals surface area contributed by atoms with Crippen LogP contribution >= 0.6 is 0 Å². The zero-order valence-electron chi connectivity index (χ0n) is 63.1. The Balaban J connectivity index is 1.99. The molecule has 101 heavy (non-hydrogen) atoms. The number of hydrogen-bond donors (Lipinski definition) is 0. The molecule has 16 heteroatoms. The molecule has 8 rings (SSSR count). The van der Waals surface area contributed by atoms with Gasteiger partial charge in [0.05, 0.1) is 82.9 Å². The molecule has 0 heterocycles. The Morgan fingerprint density at radius 3 is 1.38 bits per heavy atom. The van der Waals surface area contributed by atoms with E-state index in [4.69, 9.17) is 25.7 Å². The van der Waals surface area contributed by atoms with Gasteiger partial charge in [0, 0.05) is 58.2 Å². The predicted molar refractivity (Wildman–Crippen MR) is 480 cm³/mol. The zero-order chi connectivity index (χ0) is 74.0. The molecule has 0 bridgehead atoms. The number of terminal acetylenes is 4. The standard InChI is InChI=1S/C85H66B16/c1-18-25-30-33-34-35-37-41-47-65-68-56(15)60(24-7)62(42-23-6)64(44-29-22-5)76(68)74-63(46-38-28-21-4)61(45-40-32-27-20-3)59(43-39-36-31-26-19-2)48-66(74)75(65)70-54(13)51(10)55(14)71-72(70)57(16)67-52(11)49(8)50(9)53(12)69(67)77(71)78-73-58(17)80(86)82(88)84(99(100(93)94)101(95)97-90)79(73)81(87)83(96-89)85(78)98(91)92/h1,3,5,7,48,96-97H,86-95H2,2,4,6,8-17H3. The third-order valence-electron chi connectivity index (χ3n) is 20.8. The van der Waals surface area contributed by atoms with Crippen molar-refractivity contribution in [2.75, 3.05) is 0 Å². The summed E-state index contributed by atoms with van der Waals surface area (Å²) in [6.07, 6.45) is 24.9. The highest BCUT2D eigenvalue weighted by atomic mass is 14.3. The third-order valence-corrected chi connectivity index (χ3v) is 20.8. The lowest BCUT2D eigenvalue weighted by Crippen LogP contribution is -2.67. The molecule has 0 aromatic heterocycles. The average Bonchev–Trinajstić information content (AvgIpc) is 0.687. The molecule has 0 saturated heterocycles. The minimum Gasteiger partial charge on any atom is -0.115 e. The average molecular weight is 1260 g/mol. The summed E-state index contributed by atoms with van der Waals surface area (Å²) in [5.74, 6) is 90.1. The SMILES string of the molecule is BBB(B)B(B(B)B)c1c(B)c(B)c(C)c2c(-c3c4c(C)c(C)c(C)c(C)c4c(C)c4c(-c5c(C#CC#CC#CC#CC#C)c6c(C)c(C#C)c(C#CC)c(C#CC#C)c6c6c(C#CC#CC)c(C#CC#CC#C)c(C#CC#CC#CC)cc56)c(C)c(C)c(C)c34)c(B(B)B)c(BB)c(B)c12. The van der Waals surface area contributed by atoms with Gasteiger partial charge in [-0.2, -0.15) is 0 Å². The summed E-state index contributed by atoms with van der Waals surface area (Å²) < 4.78 is 0. The van der Waals surface area contributed by atoms with Crippen LogP contribution in [0.4, 0.5) is 0 Å². The van der Waals surface area contributed by atoms with Gasteiger partial charge >= 0.3 is 0 Å². The van der Waals surface area contributed by atoms with Crippen LogP contribution in [0.3, 0.4) is 0 Å². The van der Waals surface area contributed by atoms with Crippen LogP contribution in [0.5, 0.6) is 0 Å². The van der Waals surface area contributed by atoms with Crippen LogP contribution in [0.15, 0.2) is 6.07 Å². The smallest absolute Gasteiger partial charge is 0.115 e. The summed E-state index contributed by atoms with van der Waals surface area (Å²) in [7, 11) is 25.8. The van der Waals surface area contributed by atoms with Crippen LogP contribution < -0.4 is 32.8 Å². The molecule has 0 unspecified atom stereocenters. The highest BCUT2D eigenvalue weighted by Crippen LogP contribution is 2.54. The van der Waals surface area contributed by atoms with E-state index in [0.717, 1.165) is 52.8 Å². The van der Waals surface area contributed by atoms with Crippen molar-refractivity contribution in [3.8, 4) is 226 Å². The maximum Gasteiger partial charge on any atom is 0.139 e. The van der Waals surface area contributed by atoms with E-state index < -0.39 is 0 Å². The molecule has 0 spiro atoms. The number of rotatable bonds is 8. The molecule has 0 aliphatic carbocycles. The minimum absolute atomic E-state index is 0.113. The summed E-state index contributed by atoms with van der Waals surface area (Å²) in [5.41, 5.74) is 27.5. The van der Waals surface area contributed by atoms with Crippen molar-refractivity contribution in [3.63, 3.8) is 0 Å². The van der Waals surface area contributed by atoms with Crippen LogP contribution in [0.1, 0.15) is 115 Å². The van der Waals surface area contributed by atoms with E-state index in [2.05, 4.69) is 324 Å². The Morgan fingerprint density at radius 2 is 0.822 bits per heavy atom. The lowest BCUT2D eigenvalue weighted by Gasteiger charge is -2.34. The van der Waals surface area contributed by atoms with Gasteiger partial charge in [0.2, 0.25) is 0 Å². The van der Waals surface area contributed by atoms with Crippen molar-refractivity contribution in [1.29, 1.82) is 0 Å². The molecule has 0 radical (unpaired) electrons. The van der Waals surface area contributed by atoms with E-state index in [1.807, 2.05) is 6.92 Å².